The molecule has 0 aliphatic carbocycles. The Morgan fingerprint density at radius 2 is 1.61 bits per heavy atom. The topological polar surface area (TPSA) is 84.5 Å². The van der Waals surface area contributed by atoms with Gasteiger partial charge in [0.05, 0.1) is 17.5 Å². The summed E-state index contributed by atoms with van der Waals surface area (Å²) in [6, 6.07) is 22.3. The Morgan fingerprint density at radius 1 is 0.970 bits per heavy atom. The minimum absolute atomic E-state index is 0.0884. The van der Waals surface area contributed by atoms with Gasteiger partial charge in [-0.3, -0.25) is 4.79 Å². The Labute approximate surface area is 196 Å². The van der Waals surface area contributed by atoms with Gasteiger partial charge in [-0.2, -0.15) is 4.72 Å². The molecule has 0 fully saturated rings. The van der Waals surface area contributed by atoms with Gasteiger partial charge in [0.2, 0.25) is 15.9 Å². The molecule has 33 heavy (non-hydrogen) atoms. The summed E-state index contributed by atoms with van der Waals surface area (Å²) >= 11 is 0. The molecule has 1 amide bonds. The minimum Gasteiger partial charge on any atom is -0.494 e. The van der Waals surface area contributed by atoms with Crippen molar-refractivity contribution in [2.24, 2.45) is 0 Å². The van der Waals surface area contributed by atoms with Crippen LogP contribution in [0.5, 0.6) is 5.75 Å². The number of amides is 1. The smallest absolute Gasteiger partial charge is 0.241 e. The first-order valence-corrected chi connectivity index (χ1v) is 12.4. The maximum atomic E-state index is 13.2. The van der Waals surface area contributed by atoms with Gasteiger partial charge < -0.3 is 10.1 Å². The van der Waals surface area contributed by atoms with Crippen LogP contribution in [0.3, 0.4) is 0 Å². The Balaban J connectivity index is 1.84. The number of aryl methyl sites for hydroxylation is 1. The van der Waals surface area contributed by atoms with Gasteiger partial charge in [0.1, 0.15) is 11.8 Å². The summed E-state index contributed by atoms with van der Waals surface area (Å²) in [7, 11) is -3.95. The molecular formula is C26H30N2O4S. The molecule has 0 aliphatic heterocycles. The molecule has 3 aromatic rings. The summed E-state index contributed by atoms with van der Waals surface area (Å²) in [5.74, 6) is 0.244. The summed E-state index contributed by atoms with van der Waals surface area (Å²) < 4.78 is 34.5. The number of rotatable bonds is 10. The van der Waals surface area contributed by atoms with Gasteiger partial charge in [-0.05, 0) is 62.1 Å². The zero-order chi connectivity index (χ0) is 23.8. The van der Waals surface area contributed by atoms with E-state index in [0.717, 1.165) is 11.1 Å². The minimum atomic E-state index is -3.95. The maximum Gasteiger partial charge on any atom is 0.241 e. The average molecular weight is 467 g/mol. The third-order valence-corrected chi connectivity index (χ3v) is 6.78. The highest BCUT2D eigenvalue weighted by Crippen LogP contribution is 2.22. The van der Waals surface area contributed by atoms with Crippen molar-refractivity contribution in [1.29, 1.82) is 0 Å². The van der Waals surface area contributed by atoms with Crippen molar-refractivity contribution in [1.82, 2.24) is 10.0 Å². The molecule has 3 rings (SSSR count). The van der Waals surface area contributed by atoms with Gasteiger partial charge >= 0.3 is 0 Å². The van der Waals surface area contributed by atoms with Gasteiger partial charge in [-0.15, -0.1) is 0 Å². The number of sulfonamides is 1. The van der Waals surface area contributed by atoms with Crippen molar-refractivity contribution in [2.75, 3.05) is 6.61 Å². The van der Waals surface area contributed by atoms with Crippen LogP contribution in [-0.4, -0.2) is 27.0 Å². The normalized spacial score (nSPS) is 13.2. The maximum absolute atomic E-state index is 13.2. The van der Waals surface area contributed by atoms with Crippen LogP contribution in [0.25, 0.3) is 0 Å². The van der Waals surface area contributed by atoms with Crippen LogP contribution >= 0.6 is 0 Å². The molecule has 0 spiro atoms. The van der Waals surface area contributed by atoms with E-state index in [0.29, 0.717) is 17.9 Å². The molecule has 0 unspecified atom stereocenters. The van der Waals surface area contributed by atoms with Crippen molar-refractivity contribution in [3.63, 3.8) is 0 Å². The Morgan fingerprint density at radius 3 is 2.21 bits per heavy atom. The van der Waals surface area contributed by atoms with E-state index in [-0.39, 0.29) is 23.3 Å². The molecule has 6 nitrogen and oxygen atoms in total. The summed E-state index contributed by atoms with van der Waals surface area (Å²) in [6.45, 7) is 6.02. The van der Waals surface area contributed by atoms with Crippen LogP contribution < -0.4 is 14.8 Å². The Bertz CT molecular complexity index is 1170. The lowest BCUT2D eigenvalue weighted by atomic mass is 10.0. The number of ether oxygens (including phenoxy) is 1. The fourth-order valence-electron chi connectivity index (χ4n) is 3.54. The largest absolute Gasteiger partial charge is 0.494 e. The second-order valence-electron chi connectivity index (χ2n) is 7.86. The highest BCUT2D eigenvalue weighted by atomic mass is 32.2. The molecule has 7 heteroatoms. The number of nitrogens with one attached hydrogen (secondary N) is 2. The molecule has 0 aromatic heterocycles. The Kier molecular flexibility index (Phi) is 8.25. The molecule has 2 atom stereocenters. The van der Waals surface area contributed by atoms with Crippen LogP contribution in [0.4, 0.5) is 0 Å². The number of hydrogen-bond donors (Lipinski definition) is 2. The average Bonchev–Trinajstić information content (AvgIpc) is 2.81. The van der Waals surface area contributed by atoms with Crippen LogP contribution in [0.15, 0.2) is 83.8 Å². The van der Waals surface area contributed by atoms with Gasteiger partial charge in [0, 0.05) is 0 Å². The summed E-state index contributed by atoms with van der Waals surface area (Å²) in [6.07, 6.45) is 0.226. The zero-order valence-corrected chi connectivity index (χ0v) is 19.9. The lowest BCUT2D eigenvalue weighted by Crippen LogP contribution is -2.48. The van der Waals surface area contributed by atoms with Crippen LogP contribution in [0, 0.1) is 6.92 Å². The van der Waals surface area contributed by atoms with Gasteiger partial charge in [0.25, 0.3) is 0 Å². The third kappa shape index (κ3) is 6.66. The molecule has 0 aliphatic rings. The first-order chi connectivity index (χ1) is 15.8. The highest BCUT2D eigenvalue weighted by molar-refractivity contribution is 7.89. The van der Waals surface area contributed by atoms with Crippen LogP contribution in [-0.2, 0) is 21.2 Å². The number of carbonyl (C=O) groups is 1. The Hall–Kier alpha value is -3.16. The lowest BCUT2D eigenvalue weighted by molar-refractivity contribution is -0.123. The molecule has 0 radical (unpaired) electrons. The third-order valence-electron chi connectivity index (χ3n) is 5.31. The fraction of sp³-hybridized carbons (Fsp3) is 0.269. The van der Waals surface area contributed by atoms with E-state index in [1.165, 1.54) is 6.07 Å². The molecular weight excluding hydrogens is 436 g/mol. The summed E-state index contributed by atoms with van der Waals surface area (Å²) in [5.41, 5.74) is 2.51. The second-order valence-corrected chi connectivity index (χ2v) is 9.58. The molecule has 0 heterocycles. The molecule has 3 aromatic carbocycles. The van der Waals surface area contributed by atoms with Gasteiger partial charge in [-0.25, -0.2) is 8.42 Å². The first kappa shape index (κ1) is 24.5. The SMILES string of the molecule is CCOc1ccc(S(=O)(=O)N[C@H](Cc2ccccc2)C(=O)N[C@H](C)c2ccccc2)cc1C. The van der Waals surface area contributed by atoms with Crippen molar-refractivity contribution in [3.05, 3.63) is 95.6 Å². The quantitative estimate of drug-likeness (QED) is 0.470. The lowest BCUT2D eigenvalue weighted by Gasteiger charge is -2.22. The second kappa shape index (κ2) is 11.1. The van der Waals surface area contributed by atoms with E-state index in [9.17, 15) is 13.2 Å². The van der Waals surface area contributed by atoms with Crippen molar-refractivity contribution >= 4 is 15.9 Å². The van der Waals surface area contributed by atoms with Crippen molar-refractivity contribution in [2.45, 2.75) is 44.2 Å². The van der Waals surface area contributed by atoms with Gasteiger partial charge in [-0.1, -0.05) is 60.7 Å². The fourth-order valence-corrected chi connectivity index (χ4v) is 4.82. The summed E-state index contributed by atoms with van der Waals surface area (Å²) in [5, 5.41) is 2.94. The number of carbonyl (C=O) groups excluding carboxylic acids is 1. The van der Waals surface area contributed by atoms with Crippen LogP contribution in [0.2, 0.25) is 0 Å². The number of hydrogen-bond acceptors (Lipinski definition) is 4. The van der Waals surface area contributed by atoms with Gasteiger partial charge in [0.15, 0.2) is 0 Å². The number of benzene rings is 3. The predicted molar refractivity (Wildman–Crippen MR) is 130 cm³/mol. The van der Waals surface area contributed by atoms with E-state index >= 15 is 0 Å². The zero-order valence-electron chi connectivity index (χ0n) is 19.1. The van der Waals surface area contributed by atoms with Crippen molar-refractivity contribution in [3.8, 4) is 5.75 Å². The highest BCUT2D eigenvalue weighted by Gasteiger charge is 2.27. The van der Waals surface area contributed by atoms with Crippen LogP contribution in [0.1, 0.15) is 36.6 Å². The molecule has 0 saturated heterocycles. The van der Waals surface area contributed by atoms with E-state index < -0.39 is 16.1 Å². The van der Waals surface area contributed by atoms with E-state index in [1.807, 2.05) is 74.5 Å². The predicted octanol–water partition coefficient (Wildman–Crippen LogP) is 4.16. The summed E-state index contributed by atoms with van der Waals surface area (Å²) in [4.78, 5) is 13.3. The molecule has 2 N–H and O–H groups in total. The van der Waals surface area contributed by atoms with E-state index in [4.69, 9.17) is 4.74 Å². The molecule has 174 valence electrons. The van der Waals surface area contributed by atoms with Crippen molar-refractivity contribution < 1.29 is 17.9 Å². The first-order valence-electron chi connectivity index (χ1n) is 10.9. The molecule has 0 bridgehead atoms. The molecule has 0 saturated carbocycles. The van der Waals surface area contributed by atoms with E-state index in [2.05, 4.69) is 10.0 Å². The monoisotopic (exact) mass is 466 g/mol. The standard InChI is InChI=1S/C26H30N2O4S/c1-4-32-25-16-15-23(17-19(25)2)33(30,31)28-24(18-21-11-7-5-8-12-21)26(29)27-20(3)22-13-9-6-10-14-22/h5-17,20,24,28H,4,18H2,1-3H3,(H,27,29)/t20-,24-/m1/s1. The van der Waals surface area contributed by atoms with E-state index in [1.54, 1.807) is 19.1 Å².